The van der Waals surface area contributed by atoms with Crippen molar-refractivity contribution < 1.29 is 43.8 Å². The van der Waals surface area contributed by atoms with Crippen LogP contribution in [0.1, 0.15) is 46.0 Å². The second kappa shape index (κ2) is 14.4. The van der Waals surface area contributed by atoms with Gasteiger partial charge in [-0.25, -0.2) is 4.79 Å². The molecule has 11 N–H and O–H groups in total. The van der Waals surface area contributed by atoms with E-state index in [1.54, 1.807) is 13.8 Å². The van der Waals surface area contributed by atoms with Gasteiger partial charge < -0.3 is 43.4 Å². The van der Waals surface area contributed by atoms with Crippen molar-refractivity contribution in [3.63, 3.8) is 0 Å². The number of rotatable bonds is 16. The molecule has 0 saturated carbocycles. The molecule has 0 bridgehead atoms. The summed E-state index contributed by atoms with van der Waals surface area (Å²) in [5, 5.41) is 24.8. The van der Waals surface area contributed by atoms with E-state index in [1.807, 2.05) is 0 Å². The first-order chi connectivity index (χ1) is 15.6. The Balaban J connectivity index is 5.64. The van der Waals surface area contributed by atoms with Crippen LogP contribution in [0.3, 0.4) is 0 Å². The molecule has 0 saturated heterocycles. The summed E-state index contributed by atoms with van der Waals surface area (Å²) in [4.78, 5) is 82.1. The van der Waals surface area contributed by atoms with E-state index in [-0.39, 0.29) is 25.7 Å². The van der Waals surface area contributed by atoms with Crippen molar-refractivity contribution in [2.75, 3.05) is 0 Å². The Hall–Kier alpha value is -3.75. The molecule has 0 aromatic heterocycles. The first-order valence-corrected chi connectivity index (χ1v) is 10.3. The maximum Gasteiger partial charge on any atom is 0.326 e. The first-order valence-electron chi connectivity index (χ1n) is 10.3. The van der Waals surface area contributed by atoms with E-state index in [1.165, 1.54) is 0 Å². The van der Waals surface area contributed by atoms with Gasteiger partial charge in [-0.3, -0.25) is 28.8 Å². The predicted molar refractivity (Wildman–Crippen MR) is 115 cm³/mol. The fourth-order valence-electron chi connectivity index (χ4n) is 2.71. The SMILES string of the molecule is CC(C)[C@H](NC(=O)[C@H](CCC(N)=O)NC(=O)[C@H](CCC(N)=O)NC(=O)[C@@H](N)CC(=O)O)C(=O)O. The first kappa shape index (κ1) is 30.2. The predicted octanol–water partition coefficient (Wildman–Crippen LogP) is -3.49. The van der Waals surface area contributed by atoms with Crippen LogP contribution in [0, 0.1) is 5.92 Å². The van der Waals surface area contributed by atoms with Gasteiger partial charge >= 0.3 is 11.9 Å². The van der Waals surface area contributed by atoms with Crippen LogP contribution in [0.5, 0.6) is 0 Å². The molecule has 0 aromatic carbocycles. The Bertz CT molecular complexity index is 801. The molecule has 192 valence electrons. The number of carboxylic acids is 2. The number of amides is 5. The van der Waals surface area contributed by atoms with Crippen LogP contribution in [0.4, 0.5) is 0 Å². The molecule has 4 atom stereocenters. The number of hydrogen-bond donors (Lipinski definition) is 8. The van der Waals surface area contributed by atoms with Crippen molar-refractivity contribution in [2.24, 2.45) is 23.1 Å². The molecule has 5 amide bonds. The molecule has 34 heavy (non-hydrogen) atoms. The standard InChI is InChI=1S/C19H32N6O9/c1-8(2)15(19(33)34)25-18(32)11(4-6-13(22)27)24-17(31)10(3-5-12(21)26)23-16(30)9(20)7-14(28)29/h8-11,15H,3-7,20H2,1-2H3,(H2,21,26)(H2,22,27)(H,23,30)(H,24,31)(H,25,32)(H,28,29)(H,33,34)/t9-,10-,11-,15-/m0/s1. The molecule has 15 heteroatoms. The van der Waals surface area contributed by atoms with Crippen LogP contribution in [-0.4, -0.2) is 75.9 Å². The van der Waals surface area contributed by atoms with Crippen molar-refractivity contribution in [1.82, 2.24) is 16.0 Å². The topological polar surface area (TPSA) is 274 Å². The summed E-state index contributed by atoms with van der Waals surface area (Å²) in [5.74, 6) is -7.67. The molecule has 0 heterocycles. The van der Waals surface area contributed by atoms with E-state index in [0.717, 1.165) is 0 Å². The number of carbonyl (C=O) groups is 7. The van der Waals surface area contributed by atoms with Crippen LogP contribution in [-0.2, 0) is 33.6 Å². The van der Waals surface area contributed by atoms with Crippen molar-refractivity contribution >= 4 is 41.5 Å². The number of hydrogen-bond acceptors (Lipinski definition) is 8. The van der Waals surface area contributed by atoms with E-state index < -0.39 is 78.0 Å². The number of carboxylic acid groups (broad SMARTS) is 2. The molecule has 0 aliphatic carbocycles. The highest BCUT2D eigenvalue weighted by Crippen LogP contribution is 2.07. The van der Waals surface area contributed by atoms with Gasteiger partial charge in [-0.1, -0.05) is 13.8 Å². The highest BCUT2D eigenvalue weighted by atomic mass is 16.4. The molecule has 0 aliphatic rings. The number of primary amides is 2. The van der Waals surface area contributed by atoms with E-state index >= 15 is 0 Å². The number of carbonyl (C=O) groups excluding carboxylic acids is 5. The number of aliphatic carboxylic acids is 2. The molecular weight excluding hydrogens is 456 g/mol. The summed E-state index contributed by atoms with van der Waals surface area (Å²) in [6.45, 7) is 3.09. The summed E-state index contributed by atoms with van der Waals surface area (Å²) in [5.41, 5.74) is 15.7. The maximum atomic E-state index is 12.8. The van der Waals surface area contributed by atoms with Gasteiger partial charge in [-0.05, 0) is 18.8 Å². The Morgan fingerprint density at radius 1 is 0.735 bits per heavy atom. The molecule has 0 spiro atoms. The van der Waals surface area contributed by atoms with Gasteiger partial charge in [0, 0.05) is 12.8 Å². The zero-order valence-corrected chi connectivity index (χ0v) is 18.9. The zero-order chi connectivity index (χ0) is 26.6. The van der Waals surface area contributed by atoms with Crippen molar-refractivity contribution in [3.8, 4) is 0 Å². The minimum Gasteiger partial charge on any atom is -0.481 e. The second-order valence-electron chi connectivity index (χ2n) is 7.91. The minimum atomic E-state index is -1.50. The molecule has 0 rings (SSSR count). The quantitative estimate of drug-likeness (QED) is 0.106. The number of nitrogens with two attached hydrogens (primary N) is 3. The Labute approximate surface area is 195 Å². The highest BCUT2D eigenvalue weighted by Gasteiger charge is 2.31. The summed E-state index contributed by atoms with van der Waals surface area (Å²) < 4.78 is 0. The van der Waals surface area contributed by atoms with E-state index in [4.69, 9.17) is 22.3 Å². The normalized spacial score (nSPS) is 14.2. The van der Waals surface area contributed by atoms with Gasteiger partial charge in [0.25, 0.3) is 0 Å². The largest absolute Gasteiger partial charge is 0.481 e. The van der Waals surface area contributed by atoms with Gasteiger partial charge in [-0.15, -0.1) is 0 Å². The molecular formula is C19H32N6O9. The lowest BCUT2D eigenvalue weighted by atomic mass is 10.0. The van der Waals surface area contributed by atoms with Gasteiger partial charge in [0.15, 0.2) is 0 Å². The molecule has 0 unspecified atom stereocenters. The summed E-state index contributed by atoms with van der Waals surface area (Å²) in [6.07, 6.45) is -2.00. The highest BCUT2D eigenvalue weighted by molar-refractivity contribution is 5.95. The van der Waals surface area contributed by atoms with Gasteiger partial charge in [-0.2, -0.15) is 0 Å². The van der Waals surface area contributed by atoms with Crippen LogP contribution in [0.15, 0.2) is 0 Å². The average molecular weight is 488 g/mol. The van der Waals surface area contributed by atoms with Gasteiger partial charge in [0.2, 0.25) is 29.5 Å². The molecule has 0 aromatic rings. The fraction of sp³-hybridized carbons (Fsp3) is 0.632. The van der Waals surface area contributed by atoms with Gasteiger partial charge in [0.05, 0.1) is 12.5 Å². The van der Waals surface area contributed by atoms with Crippen LogP contribution in [0.25, 0.3) is 0 Å². The number of nitrogens with one attached hydrogen (secondary N) is 3. The third-order valence-electron chi connectivity index (χ3n) is 4.59. The van der Waals surface area contributed by atoms with Gasteiger partial charge in [0.1, 0.15) is 18.1 Å². The molecule has 0 radical (unpaired) electrons. The third-order valence-corrected chi connectivity index (χ3v) is 4.59. The minimum absolute atomic E-state index is 0.285. The Morgan fingerprint density at radius 3 is 1.50 bits per heavy atom. The lowest BCUT2D eigenvalue weighted by molar-refractivity contribution is -0.143. The average Bonchev–Trinajstić information content (AvgIpc) is 2.70. The molecule has 0 aliphatic heterocycles. The second-order valence-corrected chi connectivity index (χ2v) is 7.91. The Kier molecular flexibility index (Phi) is 12.8. The summed E-state index contributed by atoms with van der Waals surface area (Å²) >= 11 is 0. The monoisotopic (exact) mass is 488 g/mol. The van der Waals surface area contributed by atoms with E-state index in [9.17, 15) is 38.7 Å². The van der Waals surface area contributed by atoms with Crippen LogP contribution in [0.2, 0.25) is 0 Å². The molecule has 15 nitrogen and oxygen atoms in total. The lowest BCUT2D eigenvalue weighted by Gasteiger charge is -2.25. The van der Waals surface area contributed by atoms with Crippen molar-refractivity contribution in [2.45, 2.75) is 70.1 Å². The maximum absolute atomic E-state index is 12.8. The third kappa shape index (κ3) is 11.8. The van der Waals surface area contributed by atoms with Crippen LogP contribution >= 0.6 is 0 Å². The van der Waals surface area contributed by atoms with E-state index in [2.05, 4.69) is 16.0 Å². The van der Waals surface area contributed by atoms with E-state index in [0.29, 0.717) is 0 Å². The summed E-state index contributed by atoms with van der Waals surface area (Å²) in [7, 11) is 0. The summed E-state index contributed by atoms with van der Waals surface area (Å²) in [6, 6.07) is -5.65. The van der Waals surface area contributed by atoms with Crippen molar-refractivity contribution in [3.05, 3.63) is 0 Å². The smallest absolute Gasteiger partial charge is 0.326 e. The van der Waals surface area contributed by atoms with Crippen LogP contribution < -0.4 is 33.2 Å². The lowest BCUT2D eigenvalue weighted by Crippen LogP contribution is -2.57. The molecule has 0 fully saturated rings. The zero-order valence-electron chi connectivity index (χ0n) is 18.9. The Morgan fingerprint density at radius 2 is 1.15 bits per heavy atom. The fourth-order valence-corrected chi connectivity index (χ4v) is 2.71. The van der Waals surface area contributed by atoms with Crippen molar-refractivity contribution in [1.29, 1.82) is 0 Å².